The first-order chi connectivity index (χ1) is 17.4. The third-order valence-electron chi connectivity index (χ3n) is 7.10. The monoisotopic (exact) mass is 508 g/mol. The summed E-state index contributed by atoms with van der Waals surface area (Å²) < 4.78 is 5.85. The van der Waals surface area contributed by atoms with Gasteiger partial charge >= 0.3 is 0 Å². The molecule has 1 atom stereocenters. The van der Waals surface area contributed by atoms with Gasteiger partial charge in [-0.3, -0.25) is 4.79 Å². The highest BCUT2D eigenvalue weighted by Crippen LogP contribution is 2.48. The maximum atomic E-state index is 13.4. The third-order valence-corrected chi connectivity index (χ3v) is 8.20. The van der Waals surface area contributed by atoms with E-state index in [0.29, 0.717) is 18.6 Å². The summed E-state index contributed by atoms with van der Waals surface area (Å²) in [7, 11) is 0. The molecule has 4 nitrogen and oxygen atoms in total. The zero-order valence-electron chi connectivity index (χ0n) is 22.8. The van der Waals surface area contributed by atoms with Gasteiger partial charge in [-0.25, -0.2) is 0 Å². The molecular formula is C31H44N2O2S. The lowest BCUT2D eigenvalue weighted by molar-refractivity contribution is -0.118. The van der Waals surface area contributed by atoms with Gasteiger partial charge in [0, 0.05) is 17.7 Å². The summed E-state index contributed by atoms with van der Waals surface area (Å²) in [6.45, 7) is 9.41. The van der Waals surface area contributed by atoms with Crippen LogP contribution >= 0.6 is 11.8 Å². The highest BCUT2D eigenvalue weighted by Gasteiger charge is 2.41. The number of rotatable bonds is 14. The highest BCUT2D eigenvalue weighted by molar-refractivity contribution is 8.03. The van der Waals surface area contributed by atoms with Crippen LogP contribution in [0.4, 0.5) is 0 Å². The predicted octanol–water partition coefficient (Wildman–Crippen LogP) is 8.41. The first kappa shape index (κ1) is 28.4. The number of allylic oxidation sites excluding steroid dienone is 3. The molecule has 1 N–H and O–H groups in total. The molecule has 196 valence electrons. The Hall–Kier alpha value is -2.19. The number of hydrogen-bond acceptors (Lipinski definition) is 5. The van der Waals surface area contributed by atoms with Gasteiger partial charge in [0.25, 0.3) is 0 Å². The minimum Gasteiger partial charge on any atom is -0.494 e. The summed E-state index contributed by atoms with van der Waals surface area (Å²) in [5, 5.41) is 14.8. The normalized spacial score (nSPS) is 19.1. The molecule has 0 radical (unpaired) electrons. The van der Waals surface area contributed by atoms with Crippen molar-refractivity contribution < 1.29 is 9.53 Å². The van der Waals surface area contributed by atoms with Crippen molar-refractivity contribution in [2.75, 3.05) is 12.4 Å². The quantitative estimate of drug-likeness (QED) is 0.256. The van der Waals surface area contributed by atoms with E-state index in [0.717, 1.165) is 59.0 Å². The first-order valence-electron chi connectivity index (χ1n) is 13.9. The van der Waals surface area contributed by atoms with E-state index < -0.39 is 0 Å². The van der Waals surface area contributed by atoms with Crippen molar-refractivity contribution in [1.29, 1.82) is 5.26 Å². The van der Waals surface area contributed by atoms with Gasteiger partial charge in [-0.2, -0.15) is 5.26 Å². The smallest absolute Gasteiger partial charge is 0.162 e. The number of benzene rings is 1. The Bertz CT molecular complexity index is 985. The van der Waals surface area contributed by atoms with Gasteiger partial charge in [0.1, 0.15) is 5.75 Å². The molecule has 0 unspecified atom stereocenters. The Morgan fingerprint density at radius 2 is 1.67 bits per heavy atom. The minimum absolute atomic E-state index is 0.0805. The molecule has 0 amide bonds. The zero-order valence-corrected chi connectivity index (χ0v) is 23.6. The van der Waals surface area contributed by atoms with E-state index in [-0.39, 0.29) is 17.1 Å². The van der Waals surface area contributed by atoms with E-state index in [9.17, 15) is 10.1 Å². The van der Waals surface area contributed by atoms with E-state index in [1.54, 1.807) is 11.8 Å². The van der Waals surface area contributed by atoms with E-state index in [4.69, 9.17) is 4.74 Å². The van der Waals surface area contributed by atoms with Crippen molar-refractivity contribution in [3.8, 4) is 11.8 Å². The van der Waals surface area contributed by atoms with Crippen molar-refractivity contribution in [1.82, 2.24) is 5.32 Å². The largest absolute Gasteiger partial charge is 0.494 e. The van der Waals surface area contributed by atoms with Gasteiger partial charge in [-0.15, -0.1) is 11.8 Å². The number of unbranched alkanes of at least 4 members (excludes halogenated alkanes) is 7. The Morgan fingerprint density at radius 1 is 1.00 bits per heavy atom. The Kier molecular flexibility index (Phi) is 11.0. The molecule has 3 rings (SSSR count). The summed E-state index contributed by atoms with van der Waals surface area (Å²) in [5.41, 5.74) is 3.37. The van der Waals surface area contributed by atoms with Gasteiger partial charge in [-0.1, -0.05) is 84.8 Å². The zero-order chi connectivity index (χ0) is 26.0. The molecule has 1 aromatic carbocycles. The molecule has 1 aromatic rings. The number of Topliss-reactive ketones (excluding diaryl/α,β-unsaturated/α-hetero) is 1. The number of ketones is 1. The van der Waals surface area contributed by atoms with Gasteiger partial charge < -0.3 is 10.1 Å². The average molecular weight is 509 g/mol. The van der Waals surface area contributed by atoms with Crippen LogP contribution in [0.5, 0.6) is 5.75 Å². The van der Waals surface area contributed by atoms with E-state index >= 15 is 0 Å². The summed E-state index contributed by atoms with van der Waals surface area (Å²) in [6.07, 6.45) is 12.4. The number of thioether (sulfide) groups is 1. The fourth-order valence-electron chi connectivity index (χ4n) is 5.15. The molecule has 0 saturated heterocycles. The fourth-order valence-corrected chi connectivity index (χ4v) is 6.21. The molecule has 0 saturated carbocycles. The number of dihydropyridines is 1. The van der Waals surface area contributed by atoms with Crippen LogP contribution in [0.15, 0.2) is 46.1 Å². The van der Waals surface area contributed by atoms with Crippen LogP contribution < -0.4 is 10.1 Å². The number of ether oxygens (including phenoxy) is 1. The third kappa shape index (κ3) is 7.65. The first-order valence-corrected chi connectivity index (χ1v) is 14.9. The lowest BCUT2D eigenvalue weighted by Crippen LogP contribution is -2.36. The Balaban J connectivity index is 1.80. The van der Waals surface area contributed by atoms with Crippen LogP contribution in [0.3, 0.4) is 0 Å². The van der Waals surface area contributed by atoms with Crippen molar-refractivity contribution in [3.63, 3.8) is 0 Å². The number of nitriles is 1. The Morgan fingerprint density at radius 3 is 2.33 bits per heavy atom. The molecule has 0 bridgehead atoms. The second-order valence-electron chi connectivity index (χ2n) is 11.0. The molecule has 5 heteroatoms. The van der Waals surface area contributed by atoms with Gasteiger partial charge in [0.2, 0.25) is 0 Å². The van der Waals surface area contributed by atoms with Gasteiger partial charge in [-0.05, 0) is 48.1 Å². The molecule has 1 aliphatic carbocycles. The molecule has 0 fully saturated rings. The van der Waals surface area contributed by atoms with Crippen molar-refractivity contribution in [3.05, 3.63) is 51.7 Å². The summed E-state index contributed by atoms with van der Waals surface area (Å²) in [5.74, 6) is 1.67. The molecule has 1 heterocycles. The van der Waals surface area contributed by atoms with Crippen LogP contribution in [0.25, 0.3) is 0 Å². The number of hydrogen-bond donors (Lipinski definition) is 1. The lowest BCUT2D eigenvalue weighted by atomic mass is 9.69. The summed E-state index contributed by atoms with van der Waals surface area (Å²) in [4.78, 5) is 13.4. The molecule has 1 aliphatic heterocycles. The van der Waals surface area contributed by atoms with Crippen molar-refractivity contribution in [2.24, 2.45) is 5.41 Å². The number of carbonyl (C=O) groups is 1. The van der Waals surface area contributed by atoms with Crippen molar-refractivity contribution in [2.45, 2.75) is 104 Å². The van der Waals surface area contributed by atoms with Crippen molar-refractivity contribution >= 4 is 17.5 Å². The second-order valence-corrected chi connectivity index (χ2v) is 12.1. The minimum atomic E-state index is -0.309. The summed E-state index contributed by atoms with van der Waals surface area (Å²) >= 11 is 1.75. The molecule has 0 spiro atoms. The van der Waals surface area contributed by atoms with Gasteiger partial charge in [0.15, 0.2) is 5.78 Å². The van der Waals surface area contributed by atoms with E-state index in [1.807, 2.05) is 24.3 Å². The van der Waals surface area contributed by atoms with E-state index in [2.05, 4.69) is 39.1 Å². The van der Waals surface area contributed by atoms with Gasteiger partial charge in [0.05, 0.1) is 29.2 Å². The lowest BCUT2D eigenvalue weighted by Gasteiger charge is -2.39. The molecular weight excluding hydrogens is 464 g/mol. The van der Waals surface area contributed by atoms with Crippen LogP contribution in [-0.2, 0) is 4.79 Å². The second kappa shape index (κ2) is 13.9. The maximum Gasteiger partial charge on any atom is 0.162 e. The van der Waals surface area contributed by atoms with Crippen LogP contribution in [0, 0.1) is 16.7 Å². The fraction of sp³-hybridized carbons (Fsp3) is 0.613. The standard InChI is InChI=1S/C31H44N2O2S/c1-5-7-9-10-11-12-13-19-36-30-25(22-32)28(23-14-16-24(17-15-23)35-18-8-6-2)29-26(33-30)20-31(3,4)21-27(29)34/h14-17,28,33H,5-13,18-21H2,1-4H3/t28-/m1/s1. The van der Waals surface area contributed by atoms with Crippen LogP contribution in [0.2, 0.25) is 0 Å². The highest BCUT2D eigenvalue weighted by atomic mass is 32.2. The Labute approximate surface area is 223 Å². The molecule has 36 heavy (non-hydrogen) atoms. The summed E-state index contributed by atoms with van der Waals surface area (Å²) in [6, 6.07) is 10.5. The average Bonchev–Trinajstić information content (AvgIpc) is 2.84. The number of nitrogens with one attached hydrogen (secondary N) is 1. The topological polar surface area (TPSA) is 62.1 Å². The number of carbonyl (C=O) groups excluding carboxylic acids is 1. The molecule has 2 aliphatic rings. The SMILES string of the molecule is CCCCCCCCCSC1=C(C#N)[C@@H](c2ccc(OCCCC)cc2)C2=C(CC(C)(C)CC2=O)N1. The predicted molar refractivity (Wildman–Crippen MR) is 151 cm³/mol. The molecule has 0 aromatic heterocycles. The van der Waals surface area contributed by atoms with Crippen LogP contribution in [-0.4, -0.2) is 18.1 Å². The maximum absolute atomic E-state index is 13.4. The number of nitrogens with zero attached hydrogens (tertiary/aromatic N) is 1. The van der Waals surface area contributed by atoms with Crippen LogP contribution in [0.1, 0.15) is 110 Å². The van der Waals surface area contributed by atoms with E-state index in [1.165, 1.54) is 38.5 Å².